The molecule has 0 radical (unpaired) electrons. The van der Waals surface area contributed by atoms with Crippen molar-refractivity contribution in [3.63, 3.8) is 0 Å². The van der Waals surface area contributed by atoms with Gasteiger partial charge < -0.3 is 14.8 Å². The van der Waals surface area contributed by atoms with E-state index in [2.05, 4.69) is 28.5 Å². The summed E-state index contributed by atoms with van der Waals surface area (Å²) in [4.78, 5) is 4.44. The number of aryl methyl sites for hydroxylation is 2. The van der Waals surface area contributed by atoms with E-state index in [0.717, 1.165) is 33.8 Å². The average Bonchev–Trinajstić information content (AvgIpc) is 3.21. The van der Waals surface area contributed by atoms with E-state index in [1.54, 1.807) is 0 Å². The number of rotatable bonds is 2. The number of benzene rings is 2. The molecule has 4 nitrogen and oxygen atoms in total. The number of fused-ring (bicyclic) bond motifs is 3. The topological polar surface area (TPSA) is 43.4 Å². The fourth-order valence-electron chi connectivity index (χ4n) is 3.45. The van der Waals surface area contributed by atoms with Crippen LogP contribution in [0, 0.1) is 0 Å². The van der Waals surface area contributed by atoms with Gasteiger partial charge in [0.2, 0.25) is 6.79 Å². The molecule has 0 atom stereocenters. The van der Waals surface area contributed by atoms with Crippen LogP contribution in [0.25, 0.3) is 10.9 Å². The van der Waals surface area contributed by atoms with Crippen molar-refractivity contribution in [3.05, 3.63) is 53.7 Å². The van der Waals surface area contributed by atoms with Crippen LogP contribution in [-0.2, 0) is 12.8 Å². The van der Waals surface area contributed by atoms with Crippen molar-refractivity contribution in [2.24, 2.45) is 0 Å². The van der Waals surface area contributed by atoms with E-state index in [9.17, 15) is 0 Å². The third-order valence-electron chi connectivity index (χ3n) is 4.61. The molecule has 5 rings (SSSR count). The summed E-state index contributed by atoms with van der Waals surface area (Å²) in [7, 11) is 0. The Morgan fingerprint density at radius 1 is 0.913 bits per heavy atom. The van der Waals surface area contributed by atoms with Crippen LogP contribution >= 0.6 is 0 Å². The average molecular weight is 304 g/mol. The molecule has 1 N–H and O–H groups in total. The number of nitrogens with zero attached hydrogens (tertiary/aromatic N) is 1. The number of pyridine rings is 1. The molecule has 0 saturated heterocycles. The first-order valence-corrected chi connectivity index (χ1v) is 7.94. The molecular formula is C19H16N2O2. The standard InChI is InChI=1S/C19H16N2O2/c1-2-12-4-5-14(8-13(12)3-1)21-16-6-7-20-17-10-19-18(9-15(16)17)22-11-23-19/h4-10H,1-3,11H2,(H,20,21). The van der Waals surface area contributed by atoms with E-state index >= 15 is 0 Å². The highest BCUT2D eigenvalue weighted by Crippen LogP contribution is 2.38. The molecule has 0 spiro atoms. The highest BCUT2D eigenvalue weighted by atomic mass is 16.7. The lowest BCUT2D eigenvalue weighted by Gasteiger charge is -2.11. The Kier molecular flexibility index (Phi) is 2.71. The molecule has 0 saturated carbocycles. The van der Waals surface area contributed by atoms with Gasteiger partial charge in [-0.25, -0.2) is 0 Å². The van der Waals surface area contributed by atoms with Gasteiger partial charge in [-0.15, -0.1) is 0 Å². The number of hydrogen-bond donors (Lipinski definition) is 1. The molecule has 3 aromatic rings. The Balaban J connectivity index is 1.57. The summed E-state index contributed by atoms with van der Waals surface area (Å²) < 4.78 is 10.9. The smallest absolute Gasteiger partial charge is 0.231 e. The van der Waals surface area contributed by atoms with E-state index in [0.29, 0.717) is 0 Å². The molecule has 0 bridgehead atoms. The summed E-state index contributed by atoms with van der Waals surface area (Å²) in [5.41, 5.74) is 6.01. The van der Waals surface area contributed by atoms with Crippen molar-refractivity contribution < 1.29 is 9.47 Å². The minimum atomic E-state index is 0.277. The summed E-state index contributed by atoms with van der Waals surface area (Å²) in [5.74, 6) is 1.54. The highest BCUT2D eigenvalue weighted by Gasteiger charge is 2.16. The minimum Gasteiger partial charge on any atom is -0.454 e. The fourth-order valence-corrected chi connectivity index (χ4v) is 3.45. The van der Waals surface area contributed by atoms with Crippen LogP contribution < -0.4 is 14.8 Å². The van der Waals surface area contributed by atoms with Crippen LogP contribution in [0.3, 0.4) is 0 Å². The monoisotopic (exact) mass is 304 g/mol. The van der Waals surface area contributed by atoms with Crippen LogP contribution in [0.2, 0.25) is 0 Å². The molecule has 1 aromatic heterocycles. The van der Waals surface area contributed by atoms with Crippen molar-refractivity contribution in [2.75, 3.05) is 12.1 Å². The van der Waals surface area contributed by atoms with Gasteiger partial charge in [-0.05, 0) is 54.7 Å². The van der Waals surface area contributed by atoms with Crippen molar-refractivity contribution in [1.29, 1.82) is 0 Å². The maximum absolute atomic E-state index is 5.49. The van der Waals surface area contributed by atoms with Crippen LogP contribution in [0.15, 0.2) is 42.6 Å². The maximum Gasteiger partial charge on any atom is 0.231 e. The van der Waals surface area contributed by atoms with E-state index in [1.807, 2.05) is 24.4 Å². The summed E-state index contributed by atoms with van der Waals surface area (Å²) in [6.45, 7) is 0.277. The van der Waals surface area contributed by atoms with Gasteiger partial charge in [-0.2, -0.15) is 0 Å². The molecular weight excluding hydrogens is 288 g/mol. The van der Waals surface area contributed by atoms with Crippen LogP contribution in [-0.4, -0.2) is 11.8 Å². The quantitative estimate of drug-likeness (QED) is 0.770. The molecule has 1 aliphatic heterocycles. The molecule has 2 heterocycles. The van der Waals surface area contributed by atoms with Gasteiger partial charge >= 0.3 is 0 Å². The van der Waals surface area contributed by atoms with Crippen molar-refractivity contribution in [1.82, 2.24) is 4.98 Å². The van der Waals surface area contributed by atoms with Crippen LogP contribution in [0.1, 0.15) is 17.5 Å². The molecule has 2 aromatic carbocycles. The molecule has 1 aliphatic carbocycles. The summed E-state index contributed by atoms with van der Waals surface area (Å²) in [6, 6.07) is 12.6. The number of anilines is 2. The van der Waals surface area contributed by atoms with Gasteiger partial charge in [0, 0.05) is 29.0 Å². The first kappa shape index (κ1) is 12.8. The Labute approximate surface area is 134 Å². The van der Waals surface area contributed by atoms with Crippen molar-refractivity contribution in [2.45, 2.75) is 19.3 Å². The SMILES string of the molecule is c1cc(Nc2ccc3c(c2)CCC3)c2cc3c(cc2n1)OCO3. The lowest BCUT2D eigenvalue weighted by atomic mass is 10.1. The fraction of sp³-hybridized carbons (Fsp3) is 0.211. The number of nitrogens with one attached hydrogen (secondary N) is 1. The molecule has 0 unspecified atom stereocenters. The molecule has 0 fully saturated rings. The first-order chi connectivity index (χ1) is 11.4. The lowest BCUT2D eigenvalue weighted by Crippen LogP contribution is -1.94. The van der Waals surface area contributed by atoms with Gasteiger partial charge in [-0.3, -0.25) is 4.98 Å². The second-order valence-corrected chi connectivity index (χ2v) is 6.04. The molecule has 114 valence electrons. The van der Waals surface area contributed by atoms with Crippen molar-refractivity contribution in [3.8, 4) is 11.5 Å². The summed E-state index contributed by atoms with van der Waals surface area (Å²) >= 11 is 0. The molecule has 4 heteroatoms. The minimum absolute atomic E-state index is 0.277. The summed E-state index contributed by atoms with van der Waals surface area (Å²) in [5, 5.41) is 4.57. The van der Waals surface area contributed by atoms with Gasteiger partial charge in [0.15, 0.2) is 11.5 Å². The molecule has 23 heavy (non-hydrogen) atoms. The number of aromatic nitrogens is 1. The Hall–Kier alpha value is -2.75. The summed E-state index contributed by atoms with van der Waals surface area (Å²) in [6.07, 6.45) is 5.47. The zero-order valence-corrected chi connectivity index (χ0v) is 12.6. The second kappa shape index (κ2) is 4.88. The Morgan fingerprint density at radius 2 is 1.78 bits per heavy atom. The Morgan fingerprint density at radius 3 is 2.74 bits per heavy atom. The van der Waals surface area contributed by atoms with E-state index in [1.165, 1.54) is 30.4 Å². The predicted molar refractivity (Wildman–Crippen MR) is 89.6 cm³/mol. The maximum atomic E-state index is 5.49. The lowest BCUT2D eigenvalue weighted by molar-refractivity contribution is 0.174. The number of ether oxygens (including phenoxy) is 2. The Bertz CT molecular complexity index is 921. The third-order valence-corrected chi connectivity index (χ3v) is 4.61. The van der Waals surface area contributed by atoms with Gasteiger partial charge in [-0.1, -0.05) is 6.07 Å². The first-order valence-electron chi connectivity index (χ1n) is 7.94. The third kappa shape index (κ3) is 2.10. The highest BCUT2D eigenvalue weighted by molar-refractivity contribution is 5.95. The zero-order valence-electron chi connectivity index (χ0n) is 12.6. The zero-order chi connectivity index (χ0) is 15.2. The van der Waals surface area contributed by atoms with Gasteiger partial charge in [0.05, 0.1) is 5.52 Å². The molecule has 2 aliphatic rings. The normalized spacial score (nSPS) is 15.0. The van der Waals surface area contributed by atoms with E-state index in [-0.39, 0.29) is 6.79 Å². The van der Waals surface area contributed by atoms with Gasteiger partial charge in [0.25, 0.3) is 0 Å². The molecule has 0 amide bonds. The van der Waals surface area contributed by atoms with E-state index in [4.69, 9.17) is 9.47 Å². The van der Waals surface area contributed by atoms with Gasteiger partial charge in [0.1, 0.15) is 0 Å². The van der Waals surface area contributed by atoms with Crippen molar-refractivity contribution >= 4 is 22.3 Å². The van der Waals surface area contributed by atoms with Crippen LogP contribution in [0.5, 0.6) is 11.5 Å². The van der Waals surface area contributed by atoms with E-state index < -0.39 is 0 Å². The second-order valence-electron chi connectivity index (χ2n) is 6.04. The predicted octanol–water partition coefficient (Wildman–Crippen LogP) is 4.20. The number of hydrogen-bond acceptors (Lipinski definition) is 4. The van der Waals surface area contributed by atoms with Crippen LogP contribution in [0.4, 0.5) is 11.4 Å². The largest absolute Gasteiger partial charge is 0.454 e.